The Hall–Kier alpha value is -3.33. The molecule has 9 heteroatoms. The Morgan fingerprint density at radius 3 is 2.65 bits per heavy atom. The summed E-state index contributed by atoms with van der Waals surface area (Å²) < 4.78 is 0. The van der Waals surface area contributed by atoms with E-state index >= 15 is 0 Å². The lowest BCUT2D eigenvalue weighted by molar-refractivity contribution is 0.0827. The highest BCUT2D eigenvalue weighted by atomic mass is 16.3. The van der Waals surface area contributed by atoms with Gasteiger partial charge in [0.1, 0.15) is 17.4 Å². The molecule has 0 atom stereocenters. The minimum Gasteiger partial charge on any atom is -0.393 e. The number of aliphatic hydroxyl groups is 1. The van der Waals surface area contributed by atoms with Crippen LogP contribution in [0.3, 0.4) is 0 Å². The van der Waals surface area contributed by atoms with Crippen molar-refractivity contribution in [3.63, 3.8) is 0 Å². The molecule has 0 spiro atoms. The van der Waals surface area contributed by atoms with Crippen molar-refractivity contribution in [1.82, 2.24) is 24.8 Å². The van der Waals surface area contributed by atoms with E-state index in [1.54, 1.807) is 25.2 Å². The quantitative estimate of drug-likeness (QED) is 0.576. The summed E-state index contributed by atoms with van der Waals surface area (Å²) in [5, 5.41) is 16.4. The van der Waals surface area contributed by atoms with Crippen LogP contribution in [0.15, 0.2) is 30.7 Å². The zero-order chi connectivity index (χ0) is 22.0. The van der Waals surface area contributed by atoms with E-state index in [4.69, 9.17) is 0 Å². The lowest BCUT2D eigenvalue weighted by atomic mass is 9.93. The summed E-state index contributed by atoms with van der Waals surface area (Å²) in [6.07, 6.45) is 6.25. The van der Waals surface area contributed by atoms with Gasteiger partial charge in [0.2, 0.25) is 5.95 Å². The molecule has 3 N–H and O–H groups in total. The zero-order valence-electron chi connectivity index (χ0n) is 18.0. The Morgan fingerprint density at radius 2 is 1.90 bits per heavy atom. The van der Waals surface area contributed by atoms with Gasteiger partial charge in [0.25, 0.3) is 5.91 Å². The second-order valence-corrected chi connectivity index (χ2v) is 8.15. The SMILES string of the molecule is Cc1ccc(C(=O)N(C)C)cc1Nc1ncnc2cnc(NC3CCC(O)CC3)nc12. The summed E-state index contributed by atoms with van der Waals surface area (Å²) in [6.45, 7) is 1.97. The normalized spacial score (nSPS) is 18.6. The maximum absolute atomic E-state index is 12.4. The number of aromatic nitrogens is 4. The Bertz CT molecular complexity index is 1090. The summed E-state index contributed by atoms with van der Waals surface area (Å²) in [6, 6.07) is 5.77. The first-order valence-electron chi connectivity index (χ1n) is 10.4. The van der Waals surface area contributed by atoms with Crippen LogP contribution in [0.25, 0.3) is 11.0 Å². The fourth-order valence-electron chi connectivity index (χ4n) is 3.69. The van der Waals surface area contributed by atoms with Crippen LogP contribution in [-0.2, 0) is 0 Å². The molecule has 1 aliphatic rings. The molecule has 162 valence electrons. The van der Waals surface area contributed by atoms with Gasteiger partial charge < -0.3 is 20.6 Å². The van der Waals surface area contributed by atoms with Crippen LogP contribution in [-0.4, -0.2) is 62.1 Å². The smallest absolute Gasteiger partial charge is 0.253 e. The average molecular weight is 422 g/mol. The number of amides is 1. The third-order valence-corrected chi connectivity index (χ3v) is 5.55. The first-order chi connectivity index (χ1) is 14.9. The maximum Gasteiger partial charge on any atom is 0.253 e. The van der Waals surface area contributed by atoms with Crippen LogP contribution in [0.5, 0.6) is 0 Å². The van der Waals surface area contributed by atoms with Gasteiger partial charge in [0, 0.05) is 31.4 Å². The average Bonchev–Trinajstić information content (AvgIpc) is 2.76. The first kappa shape index (κ1) is 20.9. The lowest BCUT2D eigenvalue weighted by Crippen LogP contribution is -2.28. The molecule has 4 rings (SSSR count). The number of carbonyl (C=O) groups excluding carboxylic acids is 1. The van der Waals surface area contributed by atoms with Crippen LogP contribution < -0.4 is 10.6 Å². The van der Waals surface area contributed by atoms with Crippen molar-refractivity contribution in [2.24, 2.45) is 0 Å². The highest BCUT2D eigenvalue weighted by Gasteiger charge is 2.20. The standard InChI is InChI=1S/C22H27N7O2/c1-13-4-5-14(21(31)29(2)3)10-17(13)27-20-19-18(24-12-25-20)11-23-22(28-19)26-15-6-8-16(30)9-7-15/h4-5,10-12,15-16,30H,6-9H2,1-3H3,(H,23,26,28)(H,24,25,27). The number of aliphatic hydroxyl groups excluding tert-OH is 1. The monoisotopic (exact) mass is 421 g/mol. The molecule has 1 saturated carbocycles. The van der Waals surface area contributed by atoms with E-state index < -0.39 is 0 Å². The van der Waals surface area contributed by atoms with Gasteiger partial charge >= 0.3 is 0 Å². The second-order valence-electron chi connectivity index (χ2n) is 8.15. The summed E-state index contributed by atoms with van der Waals surface area (Å²) in [7, 11) is 3.46. The minimum absolute atomic E-state index is 0.0676. The molecular weight excluding hydrogens is 394 g/mol. The molecule has 0 radical (unpaired) electrons. The van der Waals surface area contributed by atoms with Crippen LogP contribution >= 0.6 is 0 Å². The molecule has 0 bridgehead atoms. The molecule has 2 heterocycles. The van der Waals surface area contributed by atoms with Crippen molar-refractivity contribution in [2.45, 2.75) is 44.8 Å². The number of rotatable bonds is 5. The van der Waals surface area contributed by atoms with Crippen LogP contribution in [0.1, 0.15) is 41.6 Å². The highest BCUT2D eigenvalue weighted by molar-refractivity contribution is 5.95. The Morgan fingerprint density at radius 1 is 1.13 bits per heavy atom. The third kappa shape index (κ3) is 4.72. The molecule has 1 aromatic carbocycles. The van der Waals surface area contributed by atoms with Crippen molar-refractivity contribution in [2.75, 3.05) is 24.7 Å². The van der Waals surface area contributed by atoms with E-state index in [9.17, 15) is 9.90 Å². The number of hydrogen-bond acceptors (Lipinski definition) is 8. The molecule has 1 amide bonds. The number of nitrogens with one attached hydrogen (secondary N) is 2. The van der Waals surface area contributed by atoms with Crippen molar-refractivity contribution in [3.05, 3.63) is 41.9 Å². The number of fused-ring (bicyclic) bond motifs is 1. The summed E-state index contributed by atoms with van der Waals surface area (Å²) in [5.41, 5.74) is 3.57. The molecule has 1 fully saturated rings. The predicted molar refractivity (Wildman–Crippen MR) is 119 cm³/mol. The molecule has 3 aromatic rings. The van der Waals surface area contributed by atoms with Crippen molar-refractivity contribution in [1.29, 1.82) is 0 Å². The number of aryl methyl sites for hydroxylation is 1. The summed E-state index contributed by atoms with van der Waals surface area (Å²) >= 11 is 0. The van der Waals surface area contributed by atoms with Gasteiger partial charge in [-0.05, 0) is 50.3 Å². The van der Waals surface area contributed by atoms with Gasteiger partial charge in [-0.2, -0.15) is 0 Å². The van der Waals surface area contributed by atoms with Gasteiger partial charge in [0.05, 0.1) is 12.3 Å². The maximum atomic E-state index is 12.4. The summed E-state index contributed by atoms with van der Waals surface area (Å²) in [5.74, 6) is 0.995. The lowest BCUT2D eigenvalue weighted by Gasteiger charge is -2.26. The topological polar surface area (TPSA) is 116 Å². The molecular formula is C22H27N7O2. The van der Waals surface area contributed by atoms with E-state index in [-0.39, 0.29) is 18.1 Å². The van der Waals surface area contributed by atoms with Crippen LogP contribution in [0, 0.1) is 6.92 Å². The Balaban J connectivity index is 1.62. The molecule has 31 heavy (non-hydrogen) atoms. The van der Waals surface area contributed by atoms with Gasteiger partial charge in [-0.25, -0.2) is 19.9 Å². The van der Waals surface area contributed by atoms with E-state index in [1.807, 2.05) is 25.1 Å². The minimum atomic E-state index is -0.210. The Kier molecular flexibility index (Phi) is 5.94. The first-order valence-corrected chi connectivity index (χ1v) is 10.4. The fraction of sp³-hybridized carbons (Fsp3) is 0.409. The van der Waals surface area contributed by atoms with E-state index in [2.05, 4.69) is 30.6 Å². The van der Waals surface area contributed by atoms with Gasteiger partial charge in [0.15, 0.2) is 5.82 Å². The second kappa shape index (κ2) is 8.81. The van der Waals surface area contributed by atoms with Crippen LogP contribution in [0.2, 0.25) is 0 Å². The number of nitrogens with zero attached hydrogens (tertiary/aromatic N) is 5. The highest BCUT2D eigenvalue weighted by Crippen LogP contribution is 2.26. The number of carbonyl (C=O) groups is 1. The van der Waals surface area contributed by atoms with E-state index in [0.717, 1.165) is 36.9 Å². The third-order valence-electron chi connectivity index (χ3n) is 5.55. The van der Waals surface area contributed by atoms with E-state index in [1.165, 1.54) is 6.33 Å². The predicted octanol–water partition coefficient (Wildman–Crippen LogP) is 2.89. The molecule has 9 nitrogen and oxygen atoms in total. The van der Waals surface area contributed by atoms with Crippen molar-refractivity contribution >= 4 is 34.4 Å². The number of benzene rings is 1. The molecule has 0 unspecified atom stereocenters. The van der Waals surface area contributed by atoms with Gasteiger partial charge in [-0.15, -0.1) is 0 Å². The van der Waals surface area contributed by atoms with Crippen molar-refractivity contribution < 1.29 is 9.90 Å². The molecule has 0 saturated heterocycles. The molecule has 2 aromatic heterocycles. The van der Waals surface area contributed by atoms with E-state index in [0.29, 0.717) is 28.4 Å². The number of hydrogen-bond donors (Lipinski definition) is 3. The van der Waals surface area contributed by atoms with Gasteiger partial charge in [-0.1, -0.05) is 6.07 Å². The van der Waals surface area contributed by atoms with Gasteiger partial charge in [-0.3, -0.25) is 4.79 Å². The molecule has 0 aliphatic heterocycles. The van der Waals surface area contributed by atoms with Crippen molar-refractivity contribution in [3.8, 4) is 0 Å². The number of anilines is 3. The molecule has 1 aliphatic carbocycles. The zero-order valence-corrected chi connectivity index (χ0v) is 18.0. The fourth-order valence-corrected chi connectivity index (χ4v) is 3.69. The summed E-state index contributed by atoms with van der Waals surface area (Å²) in [4.78, 5) is 31.6. The Labute approximate surface area is 181 Å². The largest absolute Gasteiger partial charge is 0.393 e. The van der Waals surface area contributed by atoms with Crippen LogP contribution in [0.4, 0.5) is 17.5 Å².